The van der Waals surface area contributed by atoms with E-state index in [0.717, 1.165) is 4.90 Å². The number of hydrogen-bond donors (Lipinski definition) is 2. The van der Waals surface area contributed by atoms with Crippen molar-refractivity contribution in [2.24, 2.45) is 0 Å². The second-order valence-electron chi connectivity index (χ2n) is 5.29. The summed E-state index contributed by atoms with van der Waals surface area (Å²) in [4.78, 5) is 24.7. The van der Waals surface area contributed by atoms with E-state index in [1.165, 1.54) is 24.2 Å². The Balaban J connectivity index is 2.03. The lowest BCUT2D eigenvalue weighted by Gasteiger charge is -2.15. The number of carbonyl (C=O) groups is 2. The quantitative estimate of drug-likeness (QED) is 0.813. The molecule has 0 aromatic heterocycles. The lowest BCUT2D eigenvalue weighted by molar-refractivity contribution is -0.116. The van der Waals surface area contributed by atoms with E-state index < -0.39 is 0 Å². The van der Waals surface area contributed by atoms with Crippen LogP contribution in [0.15, 0.2) is 53.4 Å². The summed E-state index contributed by atoms with van der Waals surface area (Å²) in [7, 11) is 0. The van der Waals surface area contributed by atoms with Crippen LogP contribution in [0.4, 0.5) is 11.4 Å². The van der Waals surface area contributed by atoms with Crippen molar-refractivity contribution in [1.82, 2.24) is 0 Å². The molecule has 0 aliphatic rings. The maximum absolute atomic E-state index is 12.4. The first-order valence-electron chi connectivity index (χ1n) is 7.36. The molecule has 0 radical (unpaired) electrons. The summed E-state index contributed by atoms with van der Waals surface area (Å²) in [6.07, 6.45) is 0. The van der Waals surface area contributed by atoms with Crippen molar-refractivity contribution in [3.63, 3.8) is 0 Å². The van der Waals surface area contributed by atoms with E-state index in [2.05, 4.69) is 10.6 Å². The molecule has 0 spiro atoms. The summed E-state index contributed by atoms with van der Waals surface area (Å²) in [5, 5.41) is 5.34. The smallest absolute Gasteiger partial charge is 0.237 e. The Kier molecular flexibility index (Phi) is 5.82. The van der Waals surface area contributed by atoms with Gasteiger partial charge in [-0.1, -0.05) is 29.8 Å². The molecule has 0 heterocycles. The average Bonchev–Trinajstić information content (AvgIpc) is 2.51. The van der Waals surface area contributed by atoms with E-state index in [4.69, 9.17) is 0 Å². The van der Waals surface area contributed by atoms with E-state index in [0.29, 0.717) is 11.4 Å². The van der Waals surface area contributed by atoms with Crippen LogP contribution in [-0.4, -0.2) is 17.1 Å². The maximum Gasteiger partial charge on any atom is 0.237 e. The zero-order chi connectivity index (χ0) is 16.8. The topological polar surface area (TPSA) is 58.2 Å². The number of benzene rings is 2. The molecule has 0 saturated heterocycles. The summed E-state index contributed by atoms with van der Waals surface area (Å²) in [5.74, 6) is -0.276. The van der Waals surface area contributed by atoms with Gasteiger partial charge in [0.25, 0.3) is 0 Å². The van der Waals surface area contributed by atoms with Gasteiger partial charge in [0.05, 0.1) is 16.6 Å². The summed E-state index contributed by atoms with van der Waals surface area (Å²) in [6.45, 7) is 5.33. The van der Waals surface area contributed by atoms with Crippen molar-refractivity contribution in [3.8, 4) is 0 Å². The number of carbonyl (C=O) groups excluding carboxylic acids is 2. The molecule has 0 fully saturated rings. The van der Waals surface area contributed by atoms with Crippen molar-refractivity contribution >= 4 is 35.0 Å². The zero-order valence-corrected chi connectivity index (χ0v) is 14.2. The van der Waals surface area contributed by atoms with Crippen LogP contribution in [0.5, 0.6) is 0 Å². The van der Waals surface area contributed by atoms with Crippen molar-refractivity contribution in [1.29, 1.82) is 0 Å². The highest BCUT2D eigenvalue weighted by Crippen LogP contribution is 2.26. The van der Waals surface area contributed by atoms with Gasteiger partial charge >= 0.3 is 0 Å². The first-order chi connectivity index (χ1) is 11.0. The van der Waals surface area contributed by atoms with Crippen LogP contribution in [0, 0.1) is 6.92 Å². The number of hydrogen-bond acceptors (Lipinski definition) is 3. The predicted molar refractivity (Wildman–Crippen MR) is 95.9 cm³/mol. The Hall–Kier alpha value is -2.27. The summed E-state index contributed by atoms with van der Waals surface area (Å²) in [6, 6.07) is 15.2. The normalized spacial score (nSPS) is 11.6. The Morgan fingerprint density at radius 3 is 2.09 bits per heavy atom. The van der Waals surface area contributed by atoms with Crippen LogP contribution >= 0.6 is 11.8 Å². The molecule has 2 N–H and O–H groups in total. The number of thioether (sulfide) groups is 1. The molecule has 2 aromatic rings. The van der Waals surface area contributed by atoms with Crippen LogP contribution in [0.3, 0.4) is 0 Å². The Bertz CT molecular complexity index is 698. The number of para-hydroxylation sites is 2. The third-order valence-corrected chi connectivity index (χ3v) is 4.31. The maximum atomic E-state index is 12.4. The molecule has 1 atom stereocenters. The minimum Gasteiger partial charge on any atom is -0.325 e. The highest BCUT2D eigenvalue weighted by molar-refractivity contribution is 8.00. The third-order valence-electron chi connectivity index (χ3n) is 3.20. The molecule has 23 heavy (non-hydrogen) atoms. The van der Waals surface area contributed by atoms with Gasteiger partial charge in [0.1, 0.15) is 0 Å². The monoisotopic (exact) mass is 328 g/mol. The van der Waals surface area contributed by atoms with Gasteiger partial charge in [-0.3, -0.25) is 9.59 Å². The van der Waals surface area contributed by atoms with Crippen molar-refractivity contribution in [3.05, 3.63) is 54.1 Å². The van der Waals surface area contributed by atoms with Gasteiger partial charge in [-0.05, 0) is 38.1 Å². The molecule has 0 aliphatic carbocycles. The van der Waals surface area contributed by atoms with Gasteiger partial charge in [-0.15, -0.1) is 11.8 Å². The highest BCUT2D eigenvalue weighted by atomic mass is 32.2. The molecule has 2 amide bonds. The van der Waals surface area contributed by atoms with Gasteiger partial charge in [-0.2, -0.15) is 0 Å². The number of anilines is 2. The Labute approximate surface area is 140 Å². The van der Waals surface area contributed by atoms with Gasteiger partial charge in [0.2, 0.25) is 11.8 Å². The summed E-state index contributed by atoms with van der Waals surface area (Å²) >= 11 is 1.50. The van der Waals surface area contributed by atoms with E-state index in [-0.39, 0.29) is 17.1 Å². The fourth-order valence-electron chi connectivity index (χ4n) is 2.00. The number of rotatable bonds is 5. The molecular formula is C18H20N2O2S. The summed E-state index contributed by atoms with van der Waals surface area (Å²) < 4.78 is 0. The van der Waals surface area contributed by atoms with Crippen molar-refractivity contribution in [2.75, 3.05) is 10.6 Å². The molecule has 4 nitrogen and oxygen atoms in total. The lowest BCUT2D eigenvalue weighted by Crippen LogP contribution is -2.23. The molecular weight excluding hydrogens is 308 g/mol. The molecule has 120 valence electrons. The second kappa shape index (κ2) is 7.83. The van der Waals surface area contributed by atoms with E-state index in [1.54, 1.807) is 12.1 Å². The van der Waals surface area contributed by atoms with Crippen LogP contribution in [-0.2, 0) is 9.59 Å². The fourth-order valence-corrected chi connectivity index (χ4v) is 2.87. The van der Waals surface area contributed by atoms with Gasteiger partial charge < -0.3 is 10.6 Å². The Morgan fingerprint density at radius 2 is 1.52 bits per heavy atom. The Morgan fingerprint density at radius 1 is 0.957 bits per heavy atom. The third kappa shape index (κ3) is 5.14. The lowest BCUT2D eigenvalue weighted by atomic mass is 10.2. The van der Waals surface area contributed by atoms with Gasteiger partial charge in [0.15, 0.2) is 0 Å². The average molecular weight is 328 g/mol. The predicted octanol–water partition coefficient (Wildman–Crippen LogP) is 4.07. The van der Waals surface area contributed by atoms with Crippen LogP contribution in [0.1, 0.15) is 19.4 Å². The first kappa shape index (κ1) is 17.1. The SMILES string of the molecule is CC(=O)Nc1ccccc1NC(=O)C(C)Sc1ccc(C)cc1. The molecule has 2 aromatic carbocycles. The number of nitrogens with one attached hydrogen (secondary N) is 2. The van der Waals surface area contributed by atoms with Gasteiger partial charge in [0, 0.05) is 11.8 Å². The number of amides is 2. The number of aryl methyl sites for hydroxylation is 1. The standard InChI is InChI=1S/C18H20N2O2S/c1-12-8-10-15(11-9-12)23-13(2)18(22)20-17-7-5-4-6-16(17)19-14(3)21/h4-11,13H,1-3H3,(H,19,21)(H,20,22). The molecule has 0 bridgehead atoms. The van der Waals surface area contributed by atoms with E-state index in [1.807, 2.05) is 50.2 Å². The van der Waals surface area contributed by atoms with Crippen molar-refractivity contribution < 1.29 is 9.59 Å². The largest absolute Gasteiger partial charge is 0.325 e. The zero-order valence-electron chi connectivity index (χ0n) is 13.4. The molecule has 1 unspecified atom stereocenters. The second-order valence-corrected chi connectivity index (χ2v) is 6.70. The minimum absolute atomic E-state index is 0.103. The highest BCUT2D eigenvalue weighted by Gasteiger charge is 2.16. The van der Waals surface area contributed by atoms with E-state index >= 15 is 0 Å². The molecule has 5 heteroatoms. The minimum atomic E-state index is -0.247. The van der Waals surface area contributed by atoms with E-state index in [9.17, 15) is 9.59 Å². The molecule has 2 rings (SSSR count). The summed E-state index contributed by atoms with van der Waals surface area (Å²) in [5.41, 5.74) is 2.39. The van der Waals surface area contributed by atoms with Crippen molar-refractivity contribution in [2.45, 2.75) is 30.9 Å². The fraction of sp³-hybridized carbons (Fsp3) is 0.222. The van der Waals surface area contributed by atoms with Crippen LogP contribution < -0.4 is 10.6 Å². The van der Waals surface area contributed by atoms with Crippen LogP contribution in [0.2, 0.25) is 0 Å². The molecule has 0 aliphatic heterocycles. The van der Waals surface area contributed by atoms with Crippen LogP contribution in [0.25, 0.3) is 0 Å². The van der Waals surface area contributed by atoms with Gasteiger partial charge in [-0.25, -0.2) is 0 Å². The molecule has 0 saturated carbocycles. The first-order valence-corrected chi connectivity index (χ1v) is 8.24.